The van der Waals surface area contributed by atoms with Crippen molar-refractivity contribution in [3.8, 4) is 0 Å². The molecule has 6 nitrogen and oxygen atoms in total. The lowest BCUT2D eigenvalue weighted by atomic mass is 9.83. The van der Waals surface area contributed by atoms with Crippen LogP contribution in [0.15, 0.2) is 46.3 Å². The summed E-state index contributed by atoms with van der Waals surface area (Å²) in [5, 5.41) is 11.5. The lowest BCUT2D eigenvalue weighted by Crippen LogP contribution is -2.24. The molecule has 1 aromatic heterocycles. The Hall–Kier alpha value is -2.49. The van der Waals surface area contributed by atoms with Crippen LogP contribution in [0.3, 0.4) is 0 Å². The van der Waals surface area contributed by atoms with Crippen molar-refractivity contribution in [2.75, 3.05) is 0 Å². The average molecular weight is 428 g/mol. The summed E-state index contributed by atoms with van der Waals surface area (Å²) in [6.07, 6.45) is 2.16. The fourth-order valence-electron chi connectivity index (χ4n) is 3.53. The van der Waals surface area contributed by atoms with Crippen LogP contribution in [0.25, 0.3) is 0 Å². The number of nitro groups is 1. The highest BCUT2D eigenvalue weighted by atomic mass is 32.2. The summed E-state index contributed by atoms with van der Waals surface area (Å²) in [7, 11) is -4.15. The molecule has 10 heteroatoms. The molecule has 0 spiro atoms. The summed E-state index contributed by atoms with van der Waals surface area (Å²) < 4.78 is 65.1. The van der Waals surface area contributed by atoms with Crippen LogP contribution < -0.4 is 0 Å². The molecule has 156 valence electrons. The lowest BCUT2D eigenvalue weighted by Gasteiger charge is -2.28. The van der Waals surface area contributed by atoms with Crippen LogP contribution in [-0.2, 0) is 16.3 Å². The summed E-state index contributed by atoms with van der Waals surface area (Å²) in [5.74, 6) is -3.56. The first kappa shape index (κ1) is 21.2. The van der Waals surface area contributed by atoms with Crippen molar-refractivity contribution in [1.29, 1.82) is 0 Å². The van der Waals surface area contributed by atoms with Gasteiger partial charge < -0.3 is 0 Å². The molecule has 0 N–H and O–H groups in total. The Labute approximate surface area is 165 Å². The standard InChI is InChI=1S/C19H19F3N2O4S/c20-18-12-16(7-10-23-18)29(27,28)15-4-3-14(17(11-15)24(25)26)2-1-13-5-8-19(21,22)9-6-13/h3-4,7,10-13H,1-2,5-6,8-9H2. The van der Waals surface area contributed by atoms with Gasteiger partial charge in [0.05, 0.1) is 14.7 Å². The number of benzene rings is 1. The van der Waals surface area contributed by atoms with Gasteiger partial charge in [0.25, 0.3) is 5.69 Å². The minimum Gasteiger partial charge on any atom is -0.258 e. The van der Waals surface area contributed by atoms with E-state index in [1.54, 1.807) is 0 Å². The quantitative estimate of drug-likeness (QED) is 0.377. The molecule has 1 aliphatic carbocycles. The summed E-state index contributed by atoms with van der Waals surface area (Å²) in [6, 6.07) is 5.41. The maximum absolute atomic E-state index is 13.3. The molecule has 0 unspecified atom stereocenters. The maximum atomic E-state index is 13.3. The molecule has 1 aromatic carbocycles. The van der Waals surface area contributed by atoms with Crippen molar-refractivity contribution >= 4 is 15.5 Å². The number of pyridine rings is 1. The van der Waals surface area contributed by atoms with Crippen LogP contribution in [0, 0.1) is 22.0 Å². The molecule has 1 heterocycles. The second kappa shape index (κ2) is 8.10. The molecule has 2 aromatic rings. The second-order valence-electron chi connectivity index (χ2n) is 7.20. The van der Waals surface area contributed by atoms with Gasteiger partial charge in [0.15, 0.2) is 0 Å². The van der Waals surface area contributed by atoms with Crippen LogP contribution in [0.1, 0.15) is 37.7 Å². The van der Waals surface area contributed by atoms with E-state index in [0.717, 1.165) is 24.4 Å². The Kier molecular flexibility index (Phi) is 5.92. The SMILES string of the molecule is O=[N+]([O-])c1cc(S(=O)(=O)c2ccnc(F)c2)ccc1CCC1CCC(F)(F)CC1. The van der Waals surface area contributed by atoms with Crippen LogP contribution >= 0.6 is 0 Å². The topological polar surface area (TPSA) is 90.2 Å². The van der Waals surface area contributed by atoms with E-state index < -0.39 is 26.6 Å². The predicted octanol–water partition coefficient (Wildman–Crippen LogP) is 4.72. The first-order valence-electron chi connectivity index (χ1n) is 9.10. The highest BCUT2D eigenvalue weighted by Gasteiger charge is 2.34. The number of nitrogens with zero attached hydrogens (tertiary/aromatic N) is 2. The minimum atomic E-state index is -4.15. The first-order chi connectivity index (χ1) is 13.6. The molecule has 0 radical (unpaired) electrons. The molecule has 29 heavy (non-hydrogen) atoms. The van der Waals surface area contributed by atoms with Crippen molar-refractivity contribution in [3.05, 3.63) is 58.2 Å². The summed E-state index contributed by atoms with van der Waals surface area (Å²) in [6.45, 7) is 0. The molecule has 1 fully saturated rings. The largest absolute Gasteiger partial charge is 0.273 e. The average Bonchev–Trinajstić information content (AvgIpc) is 2.67. The van der Waals surface area contributed by atoms with E-state index in [4.69, 9.17) is 0 Å². The minimum absolute atomic E-state index is 0.0532. The van der Waals surface area contributed by atoms with E-state index in [1.807, 2.05) is 0 Å². The molecule has 0 atom stereocenters. The molecule has 0 amide bonds. The summed E-state index contributed by atoms with van der Waals surface area (Å²) >= 11 is 0. The Morgan fingerprint density at radius 3 is 2.41 bits per heavy atom. The van der Waals surface area contributed by atoms with E-state index in [0.29, 0.717) is 24.8 Å². The third-order valence-corrected chi connectivity index (χ3v) is 6.98. The van der Waals surface area contributed by atoms with Gasteiger partial charge in [-0.1, -0.05) is 6.07 Å². The van der Waals surface area contributed by atoms with Gasteiger partial charge in [-0.3, -0.25) is 10.1 Å². The van der Waals surface area contributed by atoms with Gasteiger partial charge in [0.2, 0.25) is 21.7 Å². The third kappa shape index (κ3) is 4.92. The van der Waals surface area contributed by atoms with Gasteiger partial charge in [-0.15, -0.1) is 0 Å². The number of aromatic nitrogens is 1. The number of alkyl halides is 2. The number of rotatable bonds is 6. The van der Waals surface area contributed by atoms with Gasteiger partial charge in [-0.2, -0.15) is 4.39 Å². The molecule has 0 bridgehead atoms. The monoisotopic (exact) mass is 428 g/mol. The van der Waals surface area contributed by atoms with Crippen molar-refractivity contribution in [2.45, 2.75) is 54.2 Å². The lowest BCUT2D eigenvalue weighted by molar-refractivity contribution is -0.385. The van der Waals surface area contributed by atoms with Gasteiger partial charge in [0.1, 0.15) is 0 Å². The van der Waals surface area contributed by atoms with E-state index >= 15 is 0 Å². The van der Waals surface area contributed by atoms with Gasteiger partial charge in [-0.05, 0) is 43.7 Å². The smallest absolute Gasteiger partial charge is 0.258 e. The number of hydrogen-bond acceptors (Lipinski definition) is 5. The fourth-order valence-corrected chi connectivity index (χ4v) is 4.81. The van der Waals surface area contributed by atoms with E-state index in [-0.39, 0.29) is 40.7 Å². The number of hydrogen-bond donors (Lipinski definition) is 0. The van der Waals surface area contributed by atoms with E-state index in [2.05, 4.69) is 4.98 Å². The number of sulfone groups is 1. The molecule has 0 saturated heterocycles. The fraction of sp³-hybridized carbons (Fsp3) is 0.421. The summed E-state index contributed by atoms with van der Waals surface area (Å²) in [5.41, 5.74) is -0.0195. The Balaban J connectivity index is 1.81. The maximum Gasteiger partial charge on any atom is 0.273 e. The van der Waals surface area contributed by atoms with Crippen LogP contribution in [0.5, 0.6) is 0 Å². The van der Waals surface area contributed by atoms with Crippen LogP contribution in [0.2, 0.25) is 0 Å². The molecular weight excluding hydrogens is 409 g/mol. The van der Waals surface area contributed by atoms with Crippen molar-refractivity contribution < 1.29 is 26.5 Å². The predicted molar refractivity (Wildman–Crippen MR) is 98.0 cm³/mol. The van der Waals surface area contributed by atoms with Crippen LogP contribution in [0.4, 0.5) is 18.9 Å². The third-order valence-electron chi connectivity index (χ3n) is 5.23. The van der Waals surface area contributed by atoms with Crippen molar-refractivity contribution in [3.63, 3.8) is 0 Å². The van der Waals surface area contributed by atoms with Gasteiger partial charge in [0, 0.05) is 36.7 Å². The van der Waals surface area contributed by atoms with Crippen LogP contribution in [-0.4, -0.2) is 24.2 Å². The highest BCUT2D eigenvalue weighted by Crippen LogP contribution is 2.38. The zero-order valence-corrected chi connectivity index (χ0v) is 16.2. The number of nitro benzene ring substituents is 1. The normalized spacial score (nSPS) is 17.2. The Bertz CT molecular complexity index is 1020. The first-order valence-corrected chi connectivity index (χ1v) is 10.6. The summed E-state index contributed by atoms with van der Waals surface area (Å²) in [4.78, 5) is 13.4. The Morgan fingerprint density at radius 2 is 1.79 bits per heavy atom. The number of halogens is 3. The van der Waals surface area contributed by atoms with E-state index in [9.17, 15) is 31.7 Å². The Morgan fingerprint density at radius 1 is 1.14 bits per heavy atom. The zero-order valence-electron chi connectivity index (χ0n) is 15.4. The molecule has 1 aliphatic rings. The van der Waals surface area contributed by atoms with E-state index in [1.165, 1.54) is 12.1 Å². The zero-order chi connectivity index (χ0) is 21.2. The number of aryl methyl sites for hydroxylation is 1. The second-order valence-corrected chi connectivity index (χ2v) is 9.15. The molecule has 0 aliphatic heterocycles. The van der Waals surface area contributed by atoms with Gasteiger partial charge >= 0.3 is 0 Å². The molecule has 1 saturated carbocycles. The van der Waals surface area contributed by atoms with Crippen molar-refractivity contribution in [1.82, 2.24) is 4.98 Å². The van der Waals surface area contributed by atoms with Gasteiger partial charge in [-0.25, -0.2) is 22.2 Å². The molecule has 3 rings (SSSR count). The molecular formula is C19H19F3N2O4S. The van der Waals surface area contributed by atoms with Crippen molar-refractivity contribution in [2.24, 2.45) is 5.92 Å². The highest BCUT2D eigenvalue weighted by molar-refractivity contribution is 7.91.